The van der Waals surface area contributed by atoms with Crippen LogP contribution in [-0.4, -0.2) is 18.0 Å². The van der Waals surface area contributed by atoms with E-state index in [0.717, 1.165) is 19.1 Å². The van der Waals surface area contributed by atoms with Crippen molar-refractivity contribution in [1.29, 1.82) is 0 Å². The summed E-state index contributed by atoms with van der Waals surface area (Å²) < 4.78 is 0. The Morgan fingerprint density at radius 2 is 2.29 bits per heavy atom. The number of fused-ring (bicyclic) bond motifs is 1. The lowest BCUT2D eigenvalue weighted by Crippen LogP contribution is -2.16. The molecule has 0 heterocycles. The molecule has 0 radical (unpaired) electrons. The first-order valence-electron chi connectivity index (χ1n) is 5.00. The van der Waals surface area contributed by atoms with Gasteiger partial charge in [0.25, 0.3) is 0 Å². The minimum absolute atomic E-state index is 0.0392. The third-order valence-electron chi connectivity index (χ3n) is 3.08. The Hall–Kier alpha value is -1.15. The van der Waals surface area contributed by atoms with Gasteiger partial charge in [0.05, 0.1) is 6.61 Å². The lowest BCUT2D eigenvalue weighted by molar-refractivity contribution is -0.112. The van der Waals surface area contributed by atoms with E-state index in [1.807, 2.05) is 12.1 Å². The molecule has 1 aromatic rings. The maximum absolute atomic E-state index is 10.8. The van der Waals surface area contributed by atoms with E-state index in [0.29, 0.717) is 0 Å². The highest BCUT2D eigenvalue weighted by Gasteiger charge is 2.28. The van der Waals surface area contributed by atoms with Crippen molar-refractivity contribution in [2.45, 2.75) is 18.8 Å². The maximum atomic E-state index is 10.8. The van der Waals surface area contributed by atoms with Crippen LogP contribution in [-0.2, 0) is 11.2 Å². The minimum Gasteiger partial charge on any atom is -0.396 e. The summed E-state index contributed by atoms with van der Waals surface area (Å²) in [7, 11) is 0. The molecule has 2 atom stereocenters. The summed E-state index contributed by atoms with van der Waals surface area (Å²) in [6, 6.07) is 8.19. The molecule has 0 amide bonds. The van der Waals surface area contributed by atoms with Crippen molar-refractivity contribution in [3.05, 3.63) is 35.4 Å². The van der Waals surface area contributed by atoms with Crippen LogP contribution in [0.3, 0.4) is 0 Å². The minimum atomic E-state index is -0.223. The van der Waals surface area contributed by atoms with Crippen LogP contribution in [0.15, 0.2) is 24.3 Å². The third-order valence-corrected chi connectivity index (χ3v) is 3.08. The summed E-state index contributed by atoms with van der Waals surface area (Å²) in [5.41, 5.74) is 2.58. The number of aliphatic hydroxyl groups is 1. The predicted molar refractivity (Wildman–Crippen MR) is 54.1 cm³/mol. The molecule has 0 saturated heterocycles. The highest BCUT2D eigenvalue weighted by molar-refractivity contribution is 5.57. The molecule has 1 aromatic carbocycles. The molecule has 1 N–H and O–H groups in total. The Bertz CT molecular complexity index is 333. The molecule has 1 aliphatic rings. The molecule has 74 valence electrons. The zero-order chi connectivity index (χ0) is 9.97. The number of aryl methyl sites for hydroxylation is 1. The standard InChI is InChI=1S/C12H14O2/c13-7-10(8-14)12-6-5-9-3-1-2-4-11(9)12/h1-4,7,10,12,14H,5-6,8H2. The number of benzene rings is 1. The molecule has 0 bridgehead atoms. The van der Waals surface area contributed by atoms with Crippen LogP contribution < -0.4 is 0 Å². The fraction of sp³-hybridized carbons (Fsp3) is 0.417. The summed E-state index contributed by atoms with van der Waals surface area (Å²) in [6.07, 6.45) is 2.90. The highest BCUT2D eigenvalue weighted by atomic mass is 16.3. The number of rotatable bonds is 3. The van der Waals surface area contributed by atoms with Crippen LogP contribution in [0.4, 0.5) is 0 Å². The largest absolute Gasteiger partial charge is 0.396 e. The number of aldehydes is 1. The van der Waals surface area contributed by atoms with E-state index in [-0.39, 0.29) is 18.4 Å². The molecular formula is C12H14O2. The Morgan fingerprint density at radius 3 is 3.00 bits per heavy atom. The van der Waals surface area contributed by atoms with Gasteiger partial charge in [0.1, 0.15) is 6.29 Å². The van der Waals surface area contributed by atoms with Gasteiger partial charge in [-0.2, -0.15) is 0 Å². The summed E-state index contributed by atoms with van der Waals surface area (Å²) in [5.74, 6) is 0.00681. The molecular weight excluding hydrogens is 176 g/mol. The van der Waals surface area contributed by atoms with Crippen molar-refractivity contribution in [1.82, 2.24) is 0 Å². The highest BCUT2D eigenvalue weighted by Crippen LogP contribution is 2.37. The second-order valence-electron chi connectivity index (χ2n) is 3.83. The maximum Gasteiger partial charge on any atom is 0.125 e. The van der Waals surface area contributed by atoms with Gasteiger partial charge in [0.2, 0.25) is 0 Å². The Kier molecular flexibility index (Phi) is 2.64. The first-order chi connectivity index (χ1) is 6.86. The fourth-order valence-corrected chi connectivity index (χ4v) is 2.30. The van der Waals surface area contributed by atoms with Gasteiger partial charge < -0.3 is 9.90 Å². The van der Waals surface area contributed by atoms with Crippen molar-refractivity contribution in [2.24, 2.45) is 5.92 Å². The van der Waals surface area contributed by atoms with Gasteiger partial charge in [0, 0.05) is 5.92 Å². The monoisotopic (exact) mass is 190 g/mol. The smallest absolute Gasteiger partial charge is 0.125 e. The van der Waals surface area contributed by atoms with E-state index < -0.39 is 0 Å². The molecule has 0 fully saturated rings. The number of hydrogen-bond donors (Lipinski definition) is 1. The summed E-state index contributed by atoms with van der Waals surface area (Å²) >= 11 is 0. The van der Waals surface area contributed by atoms with Gasteiger partial charge in [-0.1, -0.05) is 24.3 Å². The van der Waals surface area contributed by atoms with Crippen LogP contribution in [0, 0.1) is 5.92 Å². The van der Waals surface area contributed by atoms with Crippen molar-refractivity contribution in [2.75, 3.05) is 6.61 Å². The zero-order valence-electron chi connectivity index (χ0n) is 8.02. The lowest BCUT2D eigenvalue weighted by Gasteiger charge is -2.16. The second kappa shape index (κ2) is 3.93. The molecule has 2 nitrogen and oxygen atoms in total. The molecule has 1 aliphatic carbocycles. The average Bonchev–Trinajstić information content (AvgIpc) is 2.65. The van der Waals surface area contributed by atoms with Crippen molar-refractivity contribution in [3.63, 3.8) is 0 Å². The Balaban J connectivity index is 2.29. The summed E-state index contributed by atoms with van der Waals surface area (Å²) in [4.78, 5) is 10.8. The zero-order valence-corrected chi connectivity index (χ0v) is 8.02. The second-order valence-corrected chi connectivity index (χ2v) is 3.83. The average molecular weight is 190 g/mol. The topological polar surface area (TPSA) is 37.3 Å². The summed E-state index contributed by atoms with van der Waals surface area (Å²) in [5, 5.41) is 9.08. The molecule has 0 aliphatic heterocycles. The third kappa shape index (κ3) is 1.46. The summed E-state index contributed by atoms with van der Waals surface area (Å²) in [6.45, 7) is -0.0392. The van der Waals surface area contributed by atoms with Gasteiger partial charge in [-0.05, 0) is 29.9 Å². The Morgan fingerprint density at radius 1 is 1.50 bits per heavy atom. The van der Waals surface area contributed by atoms with E-state index in [1.165, 1.54) is 11.1 Å². The Labute approximate surface area is 83.6 Å². The predicted octanol–water partition coefficient (Wildman–Crippen LogP) is 1.52. The molecule has 2 unspecified atom stereocenters. The van der Waals surface area contributed by atoms with E-state index in [1.54, 1.807) is 0 Å². The fourth-order valence-electron chi connectivity index (χ4n) is 2.30. The SMILES string of the molecule is O=CC(CO)C1CCc2ccccc21. The first kappa shape index (κ1) is 9.41. The molecule has 0 spiro atoms. The van der Waals surface area contributed by atoms with Gasteiger partial charge in [-0.3, -0.25) is 0 Å². The van der Waals surface area contributed by atoms with Crippen LogP contribution in [0.5, 0.6) is 0 Å². The van der Waals surface area contributed by atoms with Crippen molar-refractivity contribution in [3.8, 4) is 0 Å². The molecule has 14 heavy (non-hydrogen) atoms. The number of carbonyl (C=O) groups excluding carboxylic acids is 1. The first-order valence-corrected chi connectivity index (χ1v) is 5.00. The van der Waals surface area contributed by atoms with Crippen molar-refractivity contribution < 1.29 is 9.90 Å². The quantitative estimate of drug-likeness (QED) is 0.734. The van der Waals surface area contributed by atoms with E-state index in [2.05, 4.69) is 12.1 Å². The molecule has 0 saturated carbocycles. The van der Waals surface area contributed by atoms with Crippen molar-refractivity contribution >= 4 is 6.29 Å². The molecule has 2 heteroatoms. The number of hydrogen-bond acceptors (Lipinski definition) is 2. The van der Waals surface area contributed by atoms with E-state index in [9.17, 15) is 4.79 Å². The lowest BCUT2D eigenvalue weighted by atomic mass is 9.89. The van der Waals surface area contributed by atoms with Gasteiger partial charge in [-0.25, -0.2) is 0 Å². The number of carbonyl (C=O) groups is 1. The van der Waals surface area contributed by atoms with E-state index >= 15 is 0 Å². The van der Waals surface area contributed by atoms with E-state index in [4.69, 9.17) is 5.11 Å². The molecule has 0 aromatic heterocycles. The normalized spacial score (nSPS) is 21.6. The van der Waals surface area contributed by atoms with Crippen LogP contribution in [0.25, 0.3) is 0 Å². The van der Waals surface area contributed by atoms with Gasteiger partial charge in [0.15, 0.2) is 0 Å². The van der Waals surface area contributed by atoms with Crippen LogP contribution in [0.1, 0.15) is 23.5 Å². The van der Waals surface area contributed by atoms with Gasteiger partial charge in [-0.15, -0.1) is 0 Å². The molecule has 2 rings (SSSR count). The van der Waals surface area contributed by atoms with Crippen LogP contribution >= 0.6 is 0 Å². The van der Waals surface area contributed by atoms with Crippen LogP contribution in [0.2, 0.25) is 0 Å². The van der Waals surface area contributed by atoms with Gasteiger partial charge >= 0.3 is 0 Å². The number of aliphatic hydroxyl groups excluding tert-OH is 1.